The Kier molecular flexibility index (Phi) is 5.85. The van der Waals surface area contributed by atoms with E-state index in [9.17, 15) is 5.26 Å². The molecule has 4 nitrogen and oxygen atoms in total. The first-order valence-electron chi connectivity index (χ1n) is 7.38. The molecule has 0 atom stereocenters. The van der Waals surface area contributed by atoms with Gasteiger partial charge in [-0.05, 0) is 36.4 Å². The van der Waals surface area contributed by atoms with Gasteiger partial charge < -0.3 is 10.1 Å². The molecule has 2 aromatic rings. The van der Waals surface area contributed by atoms with E-state index in [1.807, 2.05) is 0 Å². The molecule has 2 aromatic carbocycles. The van der Waals surface area contributed by atoms with E-state index in [2.05, 4.69) is 11.4 Å². The first kappa shape index (κ1) is 18.8. The van der Waals surface area contributed by atoms with Crippen molar-refractivity contribution < 1.29 is 4.74 Å². The van der Waals surface area contributed by atoms with Crippen LogP contribution in [0.4, 0.5) is 11.4 Å². The molecule has 0 bridgehead atoms. The minimum absolute atomic E-state index is 0.133. The second kappa shape index (κ2) is 8.11. The summed E-state index contributed by atoms with van der Waals surface area (Å²) in [7, 11) is 0. The first-order chi connectivity index (χ1) is 12.5. The lowest BCUT2D eigenvalue weighted by molar-refractivity contribution is 0.257. The van der Waals surface area contributed by atoms with Gasteiger partial charge in [0.05, 0.1) is 26.4 Å². The SMILES string of the molecule is N#CC1=C(/C=C/Nc2ccc(Cl)cc2Cl)OCN1c1c(Cl)cccc1Cl. The minimum Gasteiger partial charge on any atom is -0.470 e. The van der Waals surface area contributed by atoms with E-state index >= 15 is 0 Å². The molecule has 26 heavy (non-hydrogen) atoms. The molecule has 8 heteroatoms. The molecule has 0 amide bonds. The number of anilines is 2. The molecular weight excluding hydrogens is 416 g/mol. The Morgan fingerprint density at radius 2 is 1.81 bits per heavy atom. The Morgan fingerprint density at radius 3 is 2.46 bits per heavy atom. The van der Waals surface area contributed by atoms with Gasteiger partial charge in [-0.1, -0.05) is 52.5 Å². The molecule has 1 aliphatic rings. The normalized spacial score (nSPS) is 13.9. The standard InChI is InChI=1S/C18H11Cl4N3O/c19-11-4-5-15(14(22)8-11)24-7-6-17-16(9-23)25(10-26-17)18-12(20)2-1-3-13(18)21/h1-8,24H,10H2/b7-6+. The summed E-state index contributed by atoms with van der Waals surface area (Å²) >= 11 is 24.4. The maximum atomic E-state index is 9.54. The van der Waals surface area contributed by atoms with Gasteiger partial charge >= 0.3 is 0 Å². The number of para-hydroxylation sites is 1. The molecule has 132 valence electrons. The molecule has 3 rings (SSSR count). The summed E-state index contributed by atoms with van der Waals surface area (Å²) in [4.78, 5) is 1.62. The zero-order valence-corrected chi connectivity index (χ0v) is 16.2. The lowest BCUT2D eigenvalue weighted by Gasteiger charge is -2.18. The summed E-state index contributed by atoms with van der Waals surface area (Å²) in [5.74, 6) is 0.390. The zero-order chi connectivity index (χ0) is 18.7. The van der Waals surface area contributed by atoms with Crippen molar-refractivity contribution in [1.82, 2.24) is 0 Å². The fourth-order valence-corrected chi connectivity index (χ4v) is 3.44. The number of allylic oxidation sites excluding steroid dienone is 2. The number of hydrogen-bond acceptors (Lipinski definition) is 4. The zero-order valence-electron chi connectivity index (χ0n) is 13.1. The van der Waals surface area contributed by atoms with E-state index in [-0.39, 0.29) is 6.73 Å². The fourth-order valence-electron chi connectivity index (χ4n) is 2.38. The van der Waals surface area contributed by atoms with Crippen LogP contribution < -0.4 is 10.2 Å². The highest BCUT2D eigenvalue weighted by molar-refractivity contribution is 6.39. The van der Waals surface area contributed by atoms with E-state index in [1.165, 1.54) is 0 Å². The quantitative estimate of drug-likeness (QED) is 0.609. The van der Waals surface area contributed by atoms with Gasteiger partial charge in [0.25, 0.3) is 0 Å². The first-order valence-corrected chi connectivity index (χ1v) is 8.89. The smallest absolute Gasteiger partial charge is 0.166 e. The third kappa shape index (κ3) is 3.87. The van der Waals surface area contributed by atoms with Gasteiger partial charge in [-0.2, -0.15) is 5.26 Å². The van der Waals surface area contributed by atoms with Gasteiger partial charge in [0.1, 0.15) is 6.07 Å². The van der Waals surface area contributed by atoms with Crippen LogP contribution in [0.5, 0.6) is 0 Å². The average Bonchev–Trinajstić information content (AvgIpc) is 2.99. The second-order valence-corrected chi connectivity index (χ2v) is 6.86. The summed E-state index contributed by atoms with van der Waals surface area (Å²) in [6, 6.07) is 12.4. The van der Waals surface area contributed by atoms with E-state index in [0.29, 0.717) is 42.9 Å². The molecule has 1 heterocycles. The van der Waals surface area contributed by atoms with Crippen molar-refractivity contribution in [1.29, 1.82) is 5.26 Å². The highest BCUT2D eigenvalue weighted by atomic mass is 35.5. The van der Waals surface area contributed by atoms with Gasteiger partial charge in [0.2, 0.25) is 0 Å². The molecular formula is C18H11Cl4N3O. The molecule has 0 unspecified atom stereocenters. The summed E-state index contributed by atoms with van der Waals surface area (Å²) in [5, 5.41) is 14.5. The molecule has 1 N–H and O–H groups in total. The van der Waals surface area contributed by atoms with Crippen LogP contribution >= 0.6 is 46.4 Å². The molecule has 1 aliphatic heterocycles. The van der Waals surface area contributed by atoms with Gasteiger partial charge in [0.15, 0.2) is 18.2 Å². The number of ether oxygens (including phenoxy) is 1. The lowest BCUT2D eigenvalue weighted by Crippen LogP contribution is -2.19. The summed E-state index contributed by atoms with van der Waals surface area (Å²) in [5.41, 5.74) is 1.51. The van der Waals surface area contributed by atoms with E-state index < -0.39 is 0 Å². The predicted octanol–water partition coefficient (Wildman–Crippen LogP) is 6.46. The van der Waals surface area contributed by atoms with Crippen molar-refractivity contribution >= 4 is 57.8 Å². The number of nitrogens with one attached hydrogen (secondary N) is 1. The average molecular weight is 427 g/mol. The fraction of sp³-hybridized carbons (Fsp3) is 0.0556. The van der Waals surface area contributed by atoms with Crippen LogP contribution in [-0.2, 0) is 4.74 Å². The molecule has 0 aliphatic carbocycles. The molecule has 0 fully saturated rings. The highest BCUT2D eigenvalue weighted by Gasteiger charge is 2.27. The largest absolute Gasteiger partial charge is 0.470 e. The lowest BCUT2D eigenvalue weighted by atomic mass is 10.2. The van der Waals surface area contributed by atoms with Crippen LogP contribution in [0.3, 0.4) is 0 Å². The van der Waals surface area contributed by atoms with Crippen molar-refractivity contribution in [3.63, 3.8) is 0 Å². The topological polar surface area (TPSA) is 48.3 Å². The Hall–Kier alpha value is -2.03. The summed E-state index contributed by atoms with van der Waals surface area (Å²) in [6.45, 7) is 0.133. The number of hydrogen-bond donors (Lipinski definition) is 1. The highest BCUT2D eigenvalue weighted by Crippen LogP contribution is 2.38. The number of halogens is 4. The maximum absolute atomic E-state index is 9.54. The second-order valence-electron chi connectivity index (χ2n) is 5.20. The maximum Gasteiger partial charge on any atom is 0.166 e. The van der Waals surface area contributed by atoms with Gasteiger partial charge in [-0.15, -0.1) is 0 Å². The number of rotatable bonds is 4. The van der Waals surface area contributed by atoms with Crippen LogP contribution in [0.2, 0.25) is 20.1 Å². The third-order valence-electron chi connectivity index (χ3n) is 3.57. The number of nitrogens with zero attached hydrogens (tertiary/aromatic N) is 2. The minimum atomic E-state index is 0.133. The number of benzene rings is 2. The van der Waals surface area contributed by atoms with Gasteiger partial charge in [-0.3, -0.25) is 4.90 Å². The summed E-state index contributed by atoms with van der Waals surface area (Å²) in [6.07, 6.45) is 3.26. The van der Waals surface area contributed by atoms with Crippen LogP contribution in [0.25, 0.3) is 0 Å². The Balaban J connectivity index is 1.84. The van der Waals surface area contributed by atoms with Crippen molar-refractivity contribution in [2.75, 3.05) is 16.9 Å². The van der Waals surface area contributed by atoms with E-state index in [1.54, 1.807) is 53.6 Å². The van der Waals surface area contributed by atoms with Crippen molar-refractivity contribution in [3.05, 3.63) is 80.2 Å². The van der Waals surface area contributed by atoms with Crippen molar-refractivity contribution in [2.45, 2.75) is 0 Å². The van der Waals surface area contributed by atoms with Crippen LogP contribution in [-0.4, -0.2) is 6.73 Å². The molecule has 0 saturated carbocycles. The number of nitriles is 1. The summed E-state index contributed by atoms with van der Waals surface area (Å²) < 4.78 is 5.61. The van der Waals surface area contributed by atoms with Crippen LogP contribution in [0, 0.1) is 11.3 Å². The van der Waals surface area contributed by atoms with Gasteiger partial charge in [0, 0.05) is 11.2 Å². The Labute approximate surface area is 170 Å². The van der Waals surface area contributed by atoms with E-state index in [0.717, 1.165) is 0 Å². The molecule has 0 saturated heterocycles. The predicted molar refractivity (Wildman–Crippen MR) is 107 cm³/mol. The Morgan fingerprint density at radius 1 is 1.08 bits per heavy atom. The monoisotopic (exact) mass is 425 g/mol. The molecule has 0 radical (unpaired) electrons. The van der Waals surface area contributed by atoms with Gasteiger partial charge in [-0.25, -0.2) is 0 Å². The third-order valence-corrected chi connectivity index (χ3v) is 4.73. The van der Waals surface area contributed by atoms with E-state index in [4.69, 9.17) is 51.1 Å². The molecule has 0 spiro atoms. The Bertz CT molecular complexity index is 930. The van der Waals surface area contributed by atoms with Crippen molar-refractivity contribution in [3.8, 4) is 6.07 Å². The van der Waals surface area contributed by atoms with Crippen LogP contribution in [0.15, 0.2) is 60.1 Å². The van der Waals surface area contributed by atoms with Crippen molar-refractivity contribution in [2.24, 2.45) is 0 Å². The molecule has 0 aromatic heterocycles. The van der Waals surface area contributed by atoms with Crippen LogP contribution in [0.1, 0.15) is 0 Å².